The molecule has 1 saturated heterocycles. The minimum atomic E-state index is -0.953. The number of urea groups is 1. The lowest BCUT2D eigenvalue weighted by Gasteiger charge is -2.21. The van der Waals surface area contributed by atoms with Gasteiger partial charge in [0.25, 0.3) is 0 Å². The van der Waals surface area contributed by atoms with Gasteiger partial charge in [0.05, 0.1) is 5.52 Å². The Morgan fingerprint density at radius 2 is 2.19 bits per heavy atom. The van der Waals surface area contributed by atoms with Crippen molar-refractivity contribution in [1.82, 2.24) is 9.88 Å². The molecule has 1 aliphatic rings. The molecule has 1 atom stereocenters. The van der Waals surface area contributed by atoms with Crippen LogP contribution in [0.3, 0.4) is 0 Å². The summed E-state index contributed by atoms with van der Waals surface area (Å²) >= 11 is 0. The van der Waals surface area contributed by atoms with Crippen molar-refractivity contribution in [3.63, 3.8) is 0 Å². The zero-order chi connectivity index (χ0) is 14.8. The number of aliphatic carboxylic acids is 1. The number of carbonyl (C=O) groups excluding carboxylic acids is 1. The number of benzene rings is 1. The standard InChI is InChI=1S/C15H15N3O3/c19-14(20)13-4-2-8-18(13)15(21)17-11-5-6-12-10(9-11)3-1-7-16-12/h1,3,5-7,9,13H,2,4,8H2,(H,17,21)(H,19,20)/t13-/m0/s1. The fourth-order valence-electron chi connectivity index (χ4n) is 2.62. The number of rotatable bonds is 2. The van der Waals surface area contributed by atoms with Crippen LogP contribution < -0.4 is 5.32 Å². The zero-order valence-corrected chi connectivity index (χ0v) is 11.3. The Morgan fingerprint density at radius 3 is 3.00 bits per heavy atom. The van der Waals surface area contributed by atoms with Crippen molar-refractivity contribution in [1.29, 1.82) is 0 Å². The van der Waals surface area contributed by atoms with Crippen molar-refractivity contribution in [2.75, 3.05) is 11.9 Å². The lowest BCUT2D eigenvalue weighted by atomic mass is 10.2. The van der Waals surface area contributed by atoms with Crippen LogP contribution in [0.25, 0.3) is 10.9 Å². The van der Waals surface area contributed by atoms with Crippen LogP contribution in [0.2, 0.25) is 0 Å². The number of aromatic nitrogens is 1. The molecule has 0 unspecified atom stereocenters. The van der Waals surface area contributed by atoms with Gasteiger partial charge in [-0.05, 0) is 37.1 Å². The molecule has 21 heavy (non-hydrogen) atoms. The molecule has 1 aromatic heterocycles. The average molecular weight is 285 g/mol. The van der Waals surface area contributed by atoms with Crippen LogP contribution in [-0.4, -0.2) is 39.6 Å². The lowest BCUT2D eigenvalue weighted by molar-refractivity contribution is -0.141. The molecule has 0 radical (unpaired) electrons. The van der Waals surface area contributed by atoms with E-state index in [1.54, 1.807) is 12.3 Å². The van der Waals surface area contributed by atoms with Crippen molar-refractivity contribution in [2.45, 2.75) is 18.9 Å². The summed E-state index contributed by atoms with van der Waals surface area (Å²) in [5.74, 6) is -0.953. The molecule has 2 N–H and O–H groups in total. The lowest BCUT2D eigenvalue weighted by Crippen LogP contribution is -2.42. The van der Waals surface area contributed by atoms with E-state index >= 15 is 0 Å². The fraction of sp³-hybridized carbons (Fsp3) is 0.267. The summed E-state index contributed by atoms with van der Waals surface area (Å²) in [6.45, 7) is 0.470. The number of nitrogens with zero attached hydrogens (tertiary/aromatic N) is 2. The highest BCUT2D eigenvalue weighted by Crippen LogP contribution is 2.21. The van der Waals surface area contributed by atoms with Gasteiger partial charge in [-0.25, -0.2) is 9.59 Å². The van der Waals surface area contributed by atoms with Crippen LogP contribution >= 0.6 is 0 Å². The van der Waals surface area contributed by atoms with Crippen molar-refractivity contribution in [3.05, 3.63) is 36.5 Å². The third-order valence-electron chi connectivity index (χ3n) is 3.65. The largest absolute Gasteiger partial charge is 0.480 e. The molecule has 1 aromatic carbocycles. The topological polar surface area (TPSA) is 82.5 Å². The third-order valence-corrected chi connectivity index (χ3v) is 3.65. The number of likely N-dealkylation sites (tertiary alicyclic amines) is 1. The maximum atomic E-state index is 12.2. The number of carboxylic acids is 1. The zero-order valence-electron chi connectivity index (χ0n) is 11.3. The molecule has 0 aliphatic carbocycles. The summed E-state index contributed by atoms with van der Waals surface area (Å²) in [6.07, 6.45) is 2.93. The summed E-state index contributed by atoms with van der Waals surface area (Å²) < 4.78 is 0. The highest BCUT2D eigenvalue weighted by molar-refractivity contribution is 5.94. The van der Waals surface area contributed by atoms with E-state index in [0.29, 0.717) is 25.1 Å². The van der Waals surface area contributed by atoms with Gasteiger partial charge in [0.2, 0.25) is 0 Å². The number of carboxylic acid groups (broad SMARTS) is 1. The van der Waals surface area contributed by atoms with Crippen molar-refractivity contribution < 1.29 is 14.7 Å². The van der Waals surface area contributed by atoms with E-state index in [4.69, 9.17) is 5.11 Å². The van der Waals surface area contributed by atoms with Gasteiger partial charge in [0, 0.05) is 23.8 Å². The second-order valence-corrected chi connectivity index (χ2v) is 5.03. The number of carbonyl (C=O) groups is 2. The summed E-state index contributed by atoms with van der Waals surface area (Å²) in [4.78, 5) is 28.9. The Balaban J connectivity index is 1.78. The van der Waals surface area contributed by atoms with Gasteiger partial charge in [-0.1, -0.05) is 6.07 Å². The highest BCUT2D eigenvalue weighted by Gasteiger charge is 2.33. The second kappa shape index (κ2) is 5.40. The molecule has 1 fully saturated rings. The third kappa shape index (κ3) is 2.65. The maximum Gasteiger partial charge on any atom is 0.326 e. The number of pyridine rings is 1. The Kier molecular flexibility index (Phi) is 3.43. The Hall–Kier alpha value is -2.63. The summed E-state index contributed by atoms with van der Waals surface area (Å²) in [6, 6.07) is 8.05. The number of amides is 2. The fourth-order valence-corrected chi connectivity index (χ4v) is 2.62. The molecule has 6 nitrogen and oxygen atoms in total. The quantitative estimate of drug-likeness (QED) is 0.887. The van der Waals surface area contributed by atoms with E-state index in [9.17, 15) is 9.59 Å². The van der Waals surface area contributed by atoms with Gasteiger partial charge in [0.15, 0.2) is 0 Å². The molecule has 0 saturated carbocycles. The molecular formula is C15H15N3O3. The highest BCUT2D eigenvalue weighted by atomic mass is 16.4. The number of fused-ring (bicyclic) bond motifs is 1. The van der Waals surface area contributed by atoms with E-state index in [1.165, 1.54) is 4.90 Å². The first-order valence-electron chi connectivity index (χ1n) is 6.80. The minimum Gasteiger partial charge on any atom is -0.480 e. The Labute approximate surface area is 121 Å². The first-order chi connectivity index (χ1) is 10.1. The smallest absolute Gasteiger partial charge is 0.326 e. The molecule has 1 aliphatic heterocycles. The molecule has 108 valence electrons. The predicted octanol–water partition coefficient (Wildman–Crippen LogP) is 2.32. The second-order valence-electron chi connectivity index (χ2n) is 5.03. The average Bonchev–Trinajstić information content (AvgIpc) is 2.97. The Bertz CT molecular complexity index is 701. The number of hydrogen-bond acceptors (Lipinski definition) is 3. The maximum absolute atomic E-state index is 12.2. The van der Waals surface area contributed by atoms with Crippen LogP contribution in [0.1, 0.15) is 12.8 Å². The van der Waals surface area contributed by atoms with E-state index in [0.717, 1.165) is 10.9 Å². The number of hydrogen-bond donors (Lipinski definition) is 2. The summed E-state index contributed by atoms with van der Waals surface area (Å²) in [7, 11) is 0. The van der Waals surface area contributed by atoms with Gasteiger partial charge >= 0.3 is 12.0 Å². The normalized spacial score (nSPS) is 17.9. The molecule has 2 heterocycles. The van der Waals surface area contributed by atoms with Crippen LogP contribution in [0, 0.1) is 0 Å². The molecule has 0 spiro atoms. The molecule has 2 amide bonds. The van der Waals surface area contributed by atoms with E-state index in [-0.39, 0.29) is 6.03 Å². The van der Waals surface area contributed by atoms with Gasteiger partial charge < -0.3 is 15.3 Å². The first-order valence-corrected chi connectivity index (χ1v) is 6.80. The van der Waals surface area contributed by atoms with Gasteiger partial charge in [0.1, 0.15) is 6.04 Å². The summed E-state index contributed by atoms with van der Waals surface area (Å²) in [5.41, 5.74) is 1.48. The molecule has 6 heteroatoms. The molecule has 0 bridgehead atoms. The van der Waals surface area contributed by atoms with Crippen LogP contribution in [-0.2, 0) is 4.79 Å². The van der Waals surface area contributed by atoms with Gasteiger partial charge in [-0.15, -0.1) is 0 Å². The molecule has 2 aromatic rings. The molecular weight excluding hydrogens is 270 g/mol. The first kappa shape index (κ1) is 13.4. The SMILES string of the molecule is O=C(O)[C@@H]1CCCN1C(=O)Nc1ccc2ncccc2c1. The van der Waals surface area contributed by atoms with E-state index in [2.05, 4.69) is 10.3 Å². The predicted molar refractivity (Wildman–Crippen MR) is 78.1 cm³/mol. The van der Waals surface area contributed by atoms with E-state index < -0.39 is 12.0 Å². The monoisotopic (exact) mass is 285 g/mol. The van der Waals surface area contributed by atoms with Crippen molar-refractivity contribution in [2.24, 2.45) is 0 Å². The number of anilines is 1. The van der Waals surface area contributed by atoms with Crippen LogP contribution in [0.15, 0.2) is 36.5 Å². The molecule has 3 rings (SSSR count). The van der Waals surface area contributed by atoms with E-state index in [1.807, 2.05) is 24.3 Å². The van der Waals surface area contributed by atoms with Crippen LogP contribution in [0.5, 0.6) is 0 Å². The Morgan fingerprint density at radius 1 is 1.33 bits per heavy atom. The van der Waals surface area contributed by atoms with Gasteiger partial charge in [-0.2, -0.15) is 0 Å². The number of nitrogens with one attached hydrogen (secondary N) is 1. The summed E-state index contributed by atoms with van der Waals surface area (Å²) in [5, 5.41) is 12.8. The minimum absolute atomic E-state index is 0.372. The van der Waals surface area contributed by atoms with Crippen molar-refractivity contribution >= 4 is 28.6 Å². The van der Waals surface area contributed by atoms with Gasteiger partial charge in [-0.3, -0.25) is 4.98 Å². The van der Waals surface area contributed by atoms with Crippen molar-refractivity contribution in [3.8, 4) is 0 Å². The van der Waals surface area contributed by atoms with Crippen LogP contribution in [0.4, 0.5) is 10.5 Å².